The van der Waals surface area contributed by atoms with Crippen LogP contribution in [0.5, 0.6) is 0 Å². The summed E-state index contributed by atoms with van der Waals surface area (Å²) in [5, 5.41) is 10.3. The maximum atomic E-state index is 11.9. The van der Waals surface area contributed by atoms with Crippen LogP contribution in [0.25, 0.3) is 0 Å². The zero-order valence-corrected chi connectivity index (χ0v) is 15.1. The van der Waals surface area contributed by atoms with Gasteiger partial charge in [0.2, 0.25) is 0 Å². The topological polar surface area (TPSA) is 95.2 Å². The van der Waals surface area contributed by atoms with Crippen molar-refractivity contribution in [2.45, 2.75) is 28.7 Å². The lowest BCUT2D eigenvalue weighted by molar-refractivity contribution is 0.00779. The minimum absolute atomic E-state index is 0.231. The maximum Gasteiger partial charge on any atom is 0.325 e. The van der Waals surface area contributed by atoms with Gasteiger partial charge in [-0.15, -0.1) is 13.2 Å². The number of halogens is 1. The molecule has 0 saturated carbocycles. The molecule has 1 fully saturated rings. The molecule has 3 N–H and O–H groups in total. The number of hydrogen-bond acceptors (Lipinski definition) is 4. The summed E-state index contributed by atoms with van der Waals surface area (Å²) in [6.45, 7) is 3.10. The molecule has 2 rings (SSSR count). The Morgan fingerprint density at radius 2 is 2.14 bits per heavy atom. The average Bonchev–Trinajstić information content (AvgIpc) is 2.64. The maximum absolute atomic E-state index is 11.9. The van der Waals surface area contributed by atoms with Gasteiger partial charge in [0.25, 0.3) is 5.56 Å². The summed E-state index contributed by atoms with van der Waals surface area (Å²) in [5.74, 6) is 0. The second kappa shape index (κ2) is 6.40. The van der Waals surface area contributed by atoms with Crippen LogP contribution in [0, 0.1) is 0 Å². The number of hydrogen-bond donors (Lipinski definition) is 3. The molecule has 6 nitrogen and oxygen atoms in total. The predicted molar refractivity (Wildman–Crippen MR) is 94.5 cm³/mol. The lowest BCUT2D eigenvalue weighted by Gasteiger charge is -2.18. The van der Waals surface area contributed by atoms with E-state index in [4.69, 9.17) is 4.74 Å². The van der Waals surface area contributed by atoms with Gasteiger partial charge in [-0.1, -0.05) is 22.6 Å². The van der Waals surface area contributed by atoms with Gasteiger partial charge in [0.05, 0.1) is 21.7 Å². The van der Waals surface area contributed by atoms with Gasteiger partial charge in [-0.2, -0.15) is 0 Å². The Kier molecular flexibility index (Phi) is 5.18. The van der Waals surface area contributed by atoms with Crippen LogP contribution >= 0.6 is 29.5 Å². The normalized spacial score (nSPS) is 29.7. The summed E-state index contributed by atoms with van der Waals surface area (Å²) in [7, 11) is 0. The number of aromatic nitrogens is 2. The van der Waals surface area contributed by atoms with E-state index in [1.165, 1.54) is 6.20 Å². The molecule has 118 valence electrons. The molecule has 0 amide bonds. The summed E-state index contributed by atoms with van der Waals surface area (Å²) in [4.78, 5) is 27.6. The van der Waals surface area contributed by atoms with Gasteiger partial charge in [-0.05, 0) is 25.9 Å². The number of rotatable bonds is 4. The van der Waals surface area contributed by atoms with E-state index in [0.29, 0.717) is 5.56 Å². The first-order valence-corrected chi connectivity index (χ1v) is 11.0. The van der Waals surface area contributed by atoms with E-state index in [9.17, 15) is 14.7 Å². The third-order valence-corrected chi connectivity index (χ3v) is 6.35. The van der Waals surface area contributed by atoms with Crippen molar-refractivity contribution in [3.05, 3.63) is 32.6 Å². The SMILES string of the molecule is C=P(C)(C)CC[C@H]1OC(c2c[nH]c(=O)[nH]c2=O)[C@H](I)[C@@H]1O. The van der Waals surface area contributed by atoms with Crippen LogP contribution in [0.3, 0.4) is 0 Å². The van der Waals surface area contributed by atoms with Crippen molar-refractivity contribution < 1.29 is 9.84 Å². The molecule has 2 heterocycles. The third kappa shape index (κ3) is 4.09. The number of H-pyrrole nitrogens is 2. The Morgan fingerprint density at radius 1 is 1.48 bits per heavy atom. The zero-order chi connectivity index (χ0) is 15.8. The van der Waals surface area contributed by atoms with Gasteiger partial charge in [-0.3, -0.25) is 9.78 Å². The molecule has 1 unspecified atom stereocenters. The van der Waals surface area contributed by atoms with Crippen LogP contribution in [-0.2, 0) is 4.74 Å². The first-order valence-electron chi connectivity index (χ1n) is 6.66. The van der Waals surface area contributed by atoms with Gasteiger partial charge in [0.15, 0.2) is 0 Å². The van der Waals surface area contributed by atoms with E-state index in [1.807, 2.05) is 0 Å². The molecule has 0 aromatic carbocycles. The molecule has 21 heavy (non-hydrogen) atoms. The lowest BCUT2D eigenvalue weighted by Crippen LogP contribution is -2.30. The zero-order valence-electron chi connectivity index (χ0n) is 12.0. The fraction of sp³-hybridized carbons (Fsp3) is 0.615. The van der Waals surface area contributed by atoms with Crippen molar-refractivity contribution in [1.82, 2.24) is 9.97 Å². The molecule has 1 aromatic rings. The van der Waals surface area contributed by atoms with Crippen LogP contribution in [0.4, 0.5) is 0 Å². The van der Waals surface area contributed by atoms with E-state index in [0.717, 1.165) is 12.6 Å². The van der Waals surface area contributed by atoms with Crippen LogP contribution < -0.4 is 11.2 Å². The number of aromatic amines is 2. The Morgan fingerprint density at radius 3 is 2.71 bits per heavy atom. The summed E-state index contributed by atoms with van der Waals surface area (Å²) >= 11 is 2.10. The van der Waals surface area contributed by atoms with E-state index < -0.39 is 30.3 Å². The molecule has 0 aliphatic carbocycles. The largest absolute Gasteiger partial charge is 0.389 e. The highest BCUT2D eigenvalue weighted by Crippen LogP contribution is 2.42. The second-order valence-corrected chi connectivity index (χ2v) is 11.8. The van der Waals surface area contributed by atoms with Gasteiger partial charge >= 0.3 is 5.69 Å². The number of nitrogens with one attached hydrogen (secondary N) is 2. The molecule has 8 heteroatoms. The molecular weight excluding hydrogens is 406 g/mol. The van der Waals surface area contributed by atoms with E-state index in [1.54, 1.807) is 0 Å². The van der Waals surface area contributed by atoms with E-state index in [2.05, 4.69) is 52.2 Å². The van der Waals surface area contributed by atoms with Crippen LogP contribution in [0.1, 0.15) is 18.1 Å². The lowest BCUT2D eigenvalue weighted by atomic mass is 10.1. The van der Waals surface area contributed by atoms with Crippen molar-refractivity contribution in [2.24, 2.45) is 0 Å². The molecule has 1 aliphatic heterocycles. The highest BCUT2D eigenvalue weighted by Gasteiger charge is 2.43. The monoisotopic (exact) mass is 426 g/mol. The van der Waals surface area contributed by atoms with Crippen molar-refractivity contribution in [3.63, 3.8) is 0 Å². The van der Waals surface area contributed by atoms with Gasteiger partial charge in [-0.25, -0.2) is 4.79 Å². The Balaban J connectivity index is 2.18. The Labute approximate surface area is 136 Å². The molecule has 1 aliphatic rings. The van der Waals surface area contributed by atoms with Crippen LogP contribution in [0.15, 0.2) is 15.8 Å². The fourth-order valence-electron chi connectivity index (χ4n) is 2.32. The second-order valence-electron chi connectivity index (χ2n) is 6.01. The quantitative estimate of drug-likeness (QED) is 0.377. The highest BCUT2D eigenvalue weighted by atomic mass is 127. The minimum atomic E-state index is -1.18. The molecule has 0 bridgehead atoms. The van der Waals surface area contributed by atoms with Crippen LogP contribution in [0.2, 0.25) is 0 Å². The highest BCUT2D eigenvalue weighted by molar-refractivity contribution is 14.1. The van der Waals surface area contributed by atoms with Crippen molar-refractivity contribution in [2.75, 3.05) is 19.5 Å². The first kappa shape index (κ1) is 17.0. The van der Waals surface area contributed by atoms with E-state index in [-0.39, 0.29) is 10.0 Å². The van der Waals surface area contributed by atoms with Gasteiger partial charge < -0.3 is 14.8 Å². The summed E-state index contributed by atoms with van der Waals surface area (Å²) in [5.41, 5.74) is -0.671. The molecule has 0 radical (unpaired) electrons. The molecule has 0 spiro atoms. The average molecular weight is 426 g/mol. The molecule has 1 aromatic heterocycles. The number of ether oxygens (including phenoxy) is 1. The summed E-state index contributed by atoms with van der Waals surface area (Å²) in [6.07, 6.45) is 5.72. The Hall–Kier alpha value is -0.370. The standard InChI is InChI=1S/C13H20IN2O4P/c1-21(2,3)5-4-8-10(17)9(14)11(20-8)7-6-15-13(19)16-12(7)18/h6,8-11,17H,1,4-5H2,2-3H3,(H2,15,16,18,19)/t8-,9-,10-,11?/m1/s1. The number of alkyl halides is 1. The number of aliphatic hydroxyl groups is 1. The summed E-state index contributed by atoms with van der Waals surface area (Å²) in [6, 6.07) is 0. The number of aliphatic hydroxyl groups excluding tert-OH is 1. The molecular formula is C13H20IN2O4P. The minimum Gasteiger partial charge on any atom is -0.389 e. The van der Waals surface area contributed by atoms with Crippen molar-refractivity contribution in [3.8, 4) is 0 Å². The molecule has 4 atom stereocenters. The van der Waals surface area contributed by atoms with Gasteiger partial charge in [0, 0.05) is 6.20 Å². The smallest absolute Gasteiger partial charge is 0.325 e. The van der Waals surface area contributed by atoms with Crippen molar-refractivity contribution >= 4 is 35.8 Å². The van der Waals surface area contributed by atoms with Crippen LogP contribution in [-0.4, -0.2) is 57.0 Å². The van der Waals surface area contributed by atoms with Gasteiger partial charge in [0.1, 0.15) is 6.10 Å². The fourth-order valence-corrected chi connectivity index (χ4v) is 4.29. The first-order chi connectivity index (χ1) is 9.69. The Bertz CT molecular complexity index is 665. The summed E-state index contributed by atoms with van der Waals surface area (Å²) < 4.78 is 5.65. The molecule has 1 saturated heterocycles. The third-order valence-electron chi connectivity index (χ3n) is 3.49. The van der Waals surface area contributed by atoms with Crippen molar-refractivity contribution in [1.29, 1.82) is 0 Å². The van der Waals surface area contributed by atoms with E-state index >= 15 is 0 Å². The predicted octanol–water partition coefficient (Wildman–Crippen LogP) is 0.767.